The lowest BCUT2D eigenvalue weighted by molar-refractivity contribution is -0.141. The highest BCUT2D eigenvalue weighted by Gasteiger charge is 2.43. The number of piperazine rings is 1. The zero-order valence-corrected chi connectivity index (χ0v) is 16.7. The van der Waals surface area contributed by atoms with Crippen LogP contribution in [0.2, 0.25) is 0 Å². The quantitative estimate of drug-likeness (QED) is 0.698. The summed E-state index contributed by atoms with van der Waals surface area (Å²) in [4.78, 5) is 31.1. The Labute approximate surface area is 165 Å². The molecule has 2 fully saturated rings. The van der Waals surface area contributed by atoms with Crippen LogP contribution in [0.4, 0.5) is 0 Å². The number of likely N-dealkylation sites (tertiary alicyclic amines) is 1. The minimum absolute atomic E-state index is 0.0385. The van der Waals surface area contributed by atoms with E-state index >= 15 is 0 Å². The van der Waals surface area contributed by atoms with Gasteiger partial charge in [0.2, 0.25) is 11.8 Å². The first-order valence-corrected chi connectivity index (χ1v) is 10.5. The Hall–Kier alpha value is -1.92. The van der Waals surface area contributed by atoms with Gasteiger partial charge < -0.3 is 10.2 Å². The maximum absolute atomic E-state index is 13.2. The first-order valence-electron chi connectivity index (χ1n) is 9.66. The van der Waals surface area contributed by atoms with Gasteiger partial charge in [-0.1, -0.05) is 18.2 Å². The Bertz CT molecular complexity index is 676. The van der Waals surface area contributed by atoms with Crippen LogP contribution < -0.4 is 5.32 Å². The van der Waals surface area contributed by atoms with Gasteiger partial charge in [-0.25, -0.2) is 0 Å². The fourth-order valence-corrected chi connectivity index (χ4v) is 5.15. The molecule has 2 aliphatic heterocycles. The molecule has 1 aromatic heterocycles. The average molecular weight is 388 g/mol. The number of hydrogen-bond donors (Lipinski definition) is 1. The molecule has 5 nitrogen and oxygen atoms in total. The molecule has 1 atom stereocenters. The summed E-state index contributed by atoms with van der Waals surface area (Å²) >= 11 is 1.69. The van der Waals surface area contributed by atoms with Crippen LogP contribution in [0, 0.1) is 0 Å². The predicted molar refractivity (Wildman–Crippen MR) is 109 cm³/mol. The van der Waals surface area contributed by atoms with Gasteiger partial charge in [0.05, 0.1) is 12.5 Å². The van der Waals surface area contributed by atoms with Crippen molar-refractivity contribution in [1.29, 1.82) is 0 Å². The fraction of sp³-hybridized carbons (Fsp3) is 0.524. The van der Waals surface area contributed by atoms with E-state index in [-0.39, 0.29) is 23.8 Å². The molecule has 2 aliphatic rings. The summed E-state index contributed by atoms with van der Waals surface area (Å²) in [5.41, 5.74) is -0.218. The molecule has 0 aromatic carbocycles. The standard InChI is InChI=1S/C21H29N3O2S/c1-3-8-21(9-4-2)10-6-12-24(21)19(25)15-18-20(26)22-11-13-23(18)16-17-7-5-14-27-17/h3-5,7,14,18H,1-2,6,8-13,15-16H2,(H,22,26). The molecule has 3 rings (SSSR count). The van der Waals surface area contributed by atoms with Gasteiger partial charge in [0.15, 0.2) is 0 Å². The van der Waals surface area contributed by atoms with Gasteiger partial charge >= 0.3 is 0 Å². The molecular weight excluding hydrogens is 358 g/mol. The van der Waals surface area contributed by atoms with Gasteiger partial charge in [0.25, 0.3) is 0 Å². The summed E-state index contributed by atoms with van der Waals surface area (Å²) in [6.07, 6.45) is 7.50. The molecule has 2 saturated heterocycles. The Morgan fingerprint density at radius 2 is 2.11 bits per heavy atom. The Morgan fingerprint density at radius 1 is 1.33 bits per heavy atom. The Kier molecular flexibility index (Phi) is 6.50. The van der Waals surface area contributed by atoms with Crippen LogP contribution in [0.15, 0.2) is 42.8 Å². The van der Waals surface area contributed by atoms with Crippen LogP contribution in [0.25, 0.3) is 0 Å². The number of carbonyl (C=O) groups excluding carboxylic acids is 2. The molecule has 0 aliphatic carbocycles. The van der Waals surface area contributed by atoms with Crippen molar-refractivity contribution in [2.45, 2.75) is 50.2 Å². The second-order valence-corrected chi connectivity index (χ2v) is 8.45. The summed E-state index contributed by atoms with van der Waals surface area (Å²) < 4.78 is 0. The van der Waals surface area contributed by atoms with Crippen molar-refractivity contribution in [3.8, 4) is 0 Å². The molecule has 6 heteroatoms. The number of amides is 2. The Morgan fingerprint density at radius 3 is 2.78 bits per heavy atom. The minimum Gasteiger partial charge on any atom is -0.353 e. The van der Waals surface area contributed by atoms with Gasteiger partial charge in [-0.3, -0.25) is 14.5 Å². The first kappa shape index (κ1) is 19.8. The van der Waals surface area contributed by atoms with Crippen molar-refractivity contribution >= 4 is 23.2 Å². The van der Waals surface area contributed by atoms with Crippen LogP contribution >= 0.6 is 11.3 Å². The van der Waals surface area contributed by atoms with E-state index in [1.54, 1.807) is 11.3 Å². The summed E-state index contributed by atoms with van der Waals surface area (Å²) in [5.74, 6) is 0.0258. The number of nitrogens with one attached hydrogen (secondary N) is 1. The lowest BCUT2D eigenvalue weighted by Crippen LogP contribution is -2.57. The summed E-state index contributed by atoms with van der Waals surface area (Å²) in [7, 11) is 0. The van der Waals surface area contributed by atoms with Gasteiger partial charge in [0.1, 0.15) is 0 Å². The first-order chi connectivity index (χ1) is 13.1. The second kappa shape index (κ2) is 8.85. The van der Waals surface area contributed by atoms with Crippen LogP contribution in [-0.4, -0.2) is 52.8 Å². The van der Waals surface area contributed by atoms with Crippen LogP contribution in [0.5, 0.6) is 0 Å². The van der Waals surface area contributed by atoms with E-state index in [4.69, 9.17) is 0 Å². The lowest BCUT2D eigenvalue weighted by Gasteiger charge is -2.40. The van der Waals surface area contributed by atoms with E-state index in [0.29, 0.717) is 13.1 Å². The molecule has 0 saturated carbocycles. The van der Waals surface area contributed by atoms with E-state index in [9.17, 15) is 9.59 Å². The monoisotopic (exact) mass is 387 g/mol. The molecule has 1 aromatic rings. The minimum atomic E-state index is -0.404. The number of carbonyl (C=O) groups is 2. The molecule has 146 valence electrons. The van der Waals surface area contributed by atoms with Gasteiger partial charge in [-0.15, -0.1) is 24.5 Å². The summed E-state index contributed by atoms with van der Waals surface area (Å²) in [5, 5.41) is 4.97. The highest BCUT2D eigenvalue weighted by molar-refractivity contribution is 7.09. The van der Waals surface area contributed by atoms with Crippen molar-refractivity contribution in [2.24, 2.45) is 0 Å². The van der Waals surface area contributed by atoms with E-state index in [1.807, 2.05) is 28.5 Å². The van der Waals surface area contributed by atoms with E-state index in [1.165, 1.54) is 4.88 Å². The maximum atomic E-state index is 13.2. The topological polar surface area (TPSA) is 52.7 Å². The molecule has 1 unspecified atom stereocenters. The lowest BCUT2D eigenvalue weighted by atomic mass is 9.87. The molecule has 2 amide bonds. The van der Waals surface area contributed by atoms with Crippen molar-refractivity contribution in [3.63, 3.8) is 0 Å². The van der Waals surface area contributed by atoms with Gasteiger partial charge in [-0.2, -0.15) is 0 Å². The van der Waals surface area contributed by atoms with Crippen molar-refractivity contribution in [1.82, 2.24) is 15.1 Å². The number of thiophene rings is 1. The summed E-state index contributed by atoms with van der Waals surface area (Å²) in [6.45, 7) is 10.6. The van der Waals surface area contributed by atoms with Crippen LogP contribution in [-0.2, 0) is 16.1 Å². The third-order valence-corrected chi connectivity index (χ3v) is 6.56. The molecule has 0 bridgehead atoms. The van der Waals surface area contributed by atoms with Gasteiger partial charge in [0, 0.05) is 36.6 Å². The molecule has 3 heterocycles. The van der Waals surface area contributed by atoms with Crippen molar-refractivity contribution in [3.05, 3.63) is 47.7 Å². The molecule has 0 spiro atoms. The van der Waals surface area contributed by atoms with Crippen molar-refractivity contribution in [2.75, 3.05) is 19.6 Å². The molecule has 27 heavy (non-hydrogen) atoms. The van der Waals surface area contributed by atoms with Crippen molar-refractivity contribution < 1.29 is 9.59 Å². The van der Waals surface area contributed by atoms with E-state index in [0.717, 1.165) is 38.8 Å². The zero-order valence-electron chi connectivity index (χ0n) is 15.9. The highest BCUT2D eigenvalue weighted by atomic mass is 32.1. The van der Waals surface area contributed by atoms with Crippen LogP contribution in [0.3, 0.4) is 0 Å². The van der Waals surface area contributed by atoms with Crippen LogP contribution in [0.1, 0.15) is 37.0 Å². The maximum Gasteiger partial charge on any atom is 0.237 e. The SMILES string of the molecule is C=CCC1(CC=C)CCCN1C(=O)CC1C(=O)NCCN1Cc1cccs1. The Balaban J connectivity index is 1.74. The van der Waals surface area contributed by atoms with E-state index < -0.39 is 6.04 Å². The highest BCUT2D eigenvalue weighted by Crippen LogP contribution is 2.37. The van der Waals surface area contributed by atoms with E-state index in [2.05, 4.69) is 29.4 Å². The third-order valence-electron chi connectivity index (χ3n) is 5.69. The smallest absolute Gasteiger partial charge is 0.237 e. The largest absolute Gasteiger partial charge is 0.353 e. The third kappa shape index (κ3) is 4.33. The number of nitrogens with zero attached hydrogens (tertiary/aromatic N) is 2. The number of hydrogen-bond acceptors (Lipinski definition) is 4. The molecule has 1 N–H and O–H groups in total. The second-order valence-electron chi connectivity index (χ2n) is 7.42. The molecule has 0 radical (unpaired) electrons. The predicted octanol–water partition coefficient (Wildman–Crippen LogP) is 2.95. The fourth-order valence-electron chi connectivity index (χ4n) is 4.42. The summed E-state index contributed by atoms with van der Waals surface area (Å²) in [6, 6.07) is 3.70. The normalized spacial score (nSPS) is 22.4. The molecular formula is C21H29N3O2S. The zero-order chi connectivity index (χ0) is 19.3. The number of rotatable bonds is 8. The average Bonchev–Trinajstić information content (AvgIpc) is 3.29. The van der Waals surface area contributed by atoms with Gasteiger partial charge in [-0.05, 0) is 37.1 Å².